The monoisotopic (exact) mass is 241 g/mol. The van der Waals surface area contributed by atoms with Crippen molar-refractivity contribution in [1.29, 1.82) is 0 Å². The van der Waals surface area contributed by atoms with E-state index in [4.69, 9.17) is 16.3 Å². The van der Waals surface area contributed by atoms with Gasteiger partial charge in [0.2, 0.25) is 5.28 Å². The molecule has 2 rings (SSSR count). The van der Waals surface area contributed by atoms with Crippen molar-refractivity contribution in [3.63, 3.8) is 0 Å². The van der Waals surface area contributed by atoms with E-state index in [-0.39, 0.29) is 5.60 Å². The zero-order valence-corrected chi connectivity index (χ0v) is 10.6. The minimum atomic E-state index is -0.137. The first kappa shape index (κ1) is 11.6. The van der Waals surface area contributed by atoms with E-state index in [0.717, 1.165) is 24.5 Å². The third-order valence-electron chi connectivity index (χ3n) is 2.64. The van der Waals surface area contributed by atoms with Gasteiger partial charge in [-0.05, 0) is 32.4 Å². The van der Waals surface area contributed by atoms with Gasteiger partial charge in [-0.15, -0.1) is 0 Å². The molecule has 1 fully saturated rings. The first-order chi connectivity index (χ1) is 7.48. The zero-order chi connectivity index (χ0) is 11.8. The number of ether oxygens (including phenoxy) is 1. The topological polar surface area (TPSA) is 38.2 Å². The minimum Gasteiger partial charge on any atom is -0.372 e. The Bertz CT molecular complexity index is 395. The molecule has 0 spiro atoms. The van der Waals surface area contributed by atoms with Crippen LogP contribution in [-0.4, -0.2) is 35.3 Å². The van der Waals surface area contributed by atoms with Gasteiger partial charge in [-0.3, -0.25) is 0 Å². The lowest BCUT2D eigenvalue weighted by atomic mass is 10.1. The van der Waals surface area contributed by atoms with Crippen LogP contribution < -0.4 is 4.90 Å². The van der Waals surface area contributed by atoms with E-state index in [1.165, 1.54) is 0 Å². The highest BCUT2D eigenvalue weighted by Crippen LogP contribution is 2.24. The maximum Gasteiger partial charge on any atom is 0.224 e. The molecule has 4 nitrogen and oxygen atoms in total. The molecule has 0 unspecified atom stereocenters. The summed E-state index contributed by atoms with van der Waals surface area (Å²) in [6.07, 6.45) is 1.76. The van der Waals surface area contributed by atoms with Crippen LogP contribution in [0.15, 0.2) is 6.20 Å². The van der Waals surface area contributed by atoms with Crippen molar-refractivity contribution < 1.29 is 4.74 Å². The molecule has 0 N–H and O–H groups in total. The van der Waals surface area contributed by atoms with E-state index in [1.807, 2.05) is 6.92 Å². The fourth-order valence-electron chi connectivity index (χ4n) is 1.93. The van der Waals surface area contributed by atoms with Crippen molar-refractivity contribution in [2.45, 2.75) is 26.4 Å². The predicted octanol–water partition coefficient (Wildman–Crippen LogP) is 2.05. The number of morpholine rings is 1. The van der Waals surface area contributed by atoms with Gasteiger partial charge < -0.3 is 9.64 Å². The van der Waals surface area contributed by atoms with Crippen molar-refractivity contribution in [3.05, 3.63) is 17.0 Å². The summed E-state index contributed by atoms with van der Waals surface area (Å²) in [5, 5.41) is 0.296. The maximum absolute atomic E-state index is 5.83. The lowest BCUT2D eigenvalue weighted by Crippen LogP contribution is -2.48. The van der Waals surface area contributed by atoms with Gasteiger partial charge >= 0.3 is 0 Å². The van der Waals surface area contributed by atoms with Crippen LogP contribution >= 0.6 is 11.6 Å². The van der Waals surface area contributed by atoms with E-state index >= 15 is 0 Å². The minimum absolute atomic E-state index is 0.137. The summed E-state index contributed by atoms with van der Waals surface area (Å²) in [7, 11) is 0. The predicted molar refractivity (Wildman–Crippen MR) is 64.0 cm³/mol. The molecular formula is C11H16ClN3O. The van der Waals surface area contributed by atoms with Gasteiger partial charge in [-0.2, -0.15) is 0 Å². The average Bonchev–Trinajstić information content (AvgIpc) is 2.20. The normalized spacial score (nSPS) is 19.9. The number of hydrogen-bond donors (Lipinski definition) is 0. The lowest BCUT2D eigenvalue weighted by Gasteiger charge is -2.39. The third kappa shape index (κ3) is 2.44. The van der Waals surface area contributed by atoms with Crippen molar-refractivity contribution in [2.24, 2.45) is 0 Å². The summed E-state index contributed by atoms with van der Waals surface area (Å²) in [6, 6.07) is 0. The molecule has 0 aromatic carbocycles. The van der Waals surface area contributed by atoms with E-state index in [1.54, 1.807) is 6.20 Å². The molecule has 0 atom stereocenters. The summed E-state index contributed by atoms with van der Waals surface area (Å²) in [5.41, 5.74) is 0.907. The first-order valence-electron chi connectivity index (χ1n) is 5.36. The van der Waals surface area contributed by atoms with Crippen molar-refractivity contribution in [1.82, 2.24) is 9.97 Å². The fraction of sp³-hybridized carbons (Fsp3) is 0.636. The Balaban J connectivity index is 2.26. The zero-order valence-electron chi connectivity index (χ0n) is 9.83. The highest BCUT2D eigenvalue weighted by molar-refractivity contribution is 6.28. The van der Waals surface area contributed by atoms with Gasteiger partial charge in [0.15, 0.2) is 0 Å². The standard InChI is InChI=1S/C11H16ClN3O/c1-8-6-13-10(12)14-9(8)15-4-5-16-11(2,3)7-15/h6H,4-5,7H2,1-3H3. The average molecular weight is 242 g/mol. The summed E-state index contributed by atoms with van der Waals surface area (Å²) in [6.45, 7) is 8.54. The fourth-order valence-corrected chi connectivity index (χ4v) is 2.06. The SMILES string of the molecule is Cc1cnc(Cl)nc1N1CCOC(C)(C)C1. The number of halogens is 1. The Kier molecular flexibility index (Phi) is 3.04. The van der Waals surface area contributed by atoms with Crippen molar-refractivity contribution in [2.75, 3.05) is 24.6 Å². The van der Waals surface area contributed by atoms with Gasteiger partial charge in [-0.1, -0.05) is 0 Å². The molecule has 5 heteroatoms. The van der Waals surface area contributed by atoms with Crippen LogP contribution in [0.5, 0.6) is 0 Å². The molecule has 1 aliphatic rings. The number of hydrogen-bond acceptors (Lipinski definition) is 4. The second-order valence-electron chi connectivity index (χ2n) is 4.68. The van der Waals surface area contributed by atoms with E-state index < -0.39 is 0 Å². The van der Waals surface area contributed by atoms with Crippen LogP contribution in [0.2, 0.25) is 5.28 Å². The maximum atomic E-state index is 5.83. The largest absolute Gasteiger partial charge is 0.372 e. The number of anilines is 1. The summed E-state index contributed by atoms with van der Waals surface area (Å²) in [5.74, 6) is 0.913. The van der Waals surface area contributed by atoms with Crippen LogP contribution in [0, 0.1) is 6.92 Å². The van der Waals surface area contributed by atoms with Crippen molar-refractivity contribution in [3.8, 4) is 0 Å². The van der Waals surface area contributed by atoms with Gasteiger partial charge in [0.25, 0.3) is 0 Å². The van der Waals surface area contributed by atoms with Gasteiger partial charge in [0.1, 0.15) is 5.82 Å². The Morgan fingerprint density at radius 2 is 2.25 bits per heavy atom. The molecule has 1 saturated heterocycles. The molecule has 0 bridgehead atoms. The summed E-state index contributed by atoms with van der Waals surface area (Å²) >= 11 is 5.83. The Hall–Kier alpha value is -0.870. The summed E-state index contributed by atoms with van der Waals surface area (Å²) < 4.78 is 5.67. The Labute approximate surface area is 101 Å². The van der Waals surface area contributed by atoms with Gasteiger partial charge in [0, 0.05) is 24.8 Å². The van der Waals surface area contributed by atoms with Gasteiger partial charge in [-0.25, -0.2) is 9.97 Å². The van der Waals surface area contributed by atoms with E-state index in [2.05, 4.69) is 28.7 Å². The third-order valence-corrected chi connectivity index (χ3v) is 2.82. The van der Waals surface area contributed by atoms with Crippen molar-refractivity contribution >= 4 is 17.4 Å². The van der Waals surface area contributed by atoms with E-state index in [0.29, 0.717) is 11.9 Å². The molecule has 2 heterocycles. The number of nitrogens with zero attached hydrogens (tertiary/aromatic N) is 3. The first-order valence-corrected chi connectivity index (χ1v) is 5.74. The van der Waals surface area contributed by atoms with Crippen LogP contribution in [0.3, 0.4) is 0 Å². The van der Waals surface area contributed by atoms with Crippen LogP contribution in [-0.2, 0) is 4.74 Å². The quantitative estimate of drug-likeness (QED) is 0.706. The molecule has 1 aromatic rings. The molecular weight excluding hydrogens is 226 g/mol. The molecule has 88 valence electrons. The van der Waals surface area contributed by atoms with Gasteiger partial charge in [0.05, 0.1) is 12.2 Å². The molecule has 0 aliphatic carbocycles. The number of rotatable bonds is 1. The molecule has 0 radical (unpaired) electrons. The molecule has 1 aliphatic heterocycles. The van der Waals surface area contributed by atoms with Crippen LogP contribution in [0.1, 0.15) is 19.4 Å². The second-order valence-corrected chi connectivity index (χ2v) is 5.01. The Morgan fingerprint density at radius 1 is 1.50 bits per heavy atom. The summed E-state index contributed by atoms with van der Waals surface area (Å²) in [4.78, 5) is 10.5. The number of aryl methyl sites for hydroxylation is 1. The highest BCUT2D eigenvalue weighted by atomic mass is 35.5. The Morgan fingerprint density at radius 3 is 2.94 bits per heavy atom. The smallest absolute Gasteiger partial charge is 0.224 e. The highest BCUT2D eigenvalue weighted by Gasteiger charge is 2.28. The lowest BCUT2D eigenvalue weighted by molar-refractivity contribution is -0.0279. The second kappa shape index (κ2) is 4.18. The molecule has 0 saturated carbocycles. The van der Waals surface area contributed by atoms with E-state index in [9.17, 15) is 0 Å². The molecule has 1 aromatic heterocycles. The molecule has 0 amide bonds. The number of aromatic nitrogens is 2. The molecule has 16 heavy (non-hydrogen) atoms. The van der Waals surface area contributed by atoms with Crippen LogP contribution in [0.4, 0.5) is 5.82 Å². The van der Waals surface area contributed by atoms with Crippen LogP contribution in [0.25, 0.3) is 0 Å².